The number of nitrogens with two attached hydrogens (primary N) is 1. The normalized spacial score (nSPS) is 17.5. The van der Waals surface area contributed by atoms with Crippen LogP contribution < -0.4 is 10.5 Å². The fourth-order valence-electron chi connectivity index (χ4n) is 2.54. The summed E-state index contributed by atoms with van der Waals surface area (Å²) < 4.78 is 31.9. The zero-order valence-electron chi connectivity index (χ0n) is 13.8. The summed E-state index contributed by atoms with van der Waals surface area (Å²) in [5.74, 6) is 0.460. The number of halogens is 1. The van der Waals surface area contributed by atoms with E-state index in [-0.39, 0.29) is 29.8 Å². The molecule has 1 unspecified atom stereocenters. The molecule has 0 spiro atoms. The van der Waals surface area contributed by atoms with Crippen LogP contribution in [0.1, 0.15) is 13.3 Å². The molecule has 136 valence electrons. The van der Waals surface area contributed by atoms with E-state index < -0.39 is 16.1 Å². The van der Waals surface area contributed by atoms with Gasteiger partial charge >= 0.3 is 0 Å². The van der Waals surface area contributed by atoms with Gasteiger partial charge in [0.25, 0.3) is 0 Å². The Morgan fingerprint density at radius 1 is 1.17 bits per heavy atom. The number of methoxy groups -OCH3 is 1. The number of amides is 1. The number of carbonyl (C=O) groups is 1. The van der Waals surface area contributed by atoms with E-state index in [2.05, 4.69) is 0 Å². The number of hydrogen-bond acceptors (Lipinski definition) is 5. The lowest BCUT2D eigenvalue weighted by atomic mass is 10.3. The van der Waals surface area contributed by atoms with Gasteiger partial charge in [0, 0.05) is 26.2 Å². The molecule has 2 rings (SSSR count). The third-order valence-corrected chi connectivity index (χ3v) is 5.77. The summed E-state index contributed by atoms with van der Waals surface area (Å²) in [6.45, 7) is 3.17. The van der Waals surface area contributed by atoms with Crippen LogP contribution in [-0.2, 0) is 14.8 Å². The molecule has 1 heterocycles. The van der Waals surface area contributed by atoms with Crippen molar-refractivity contribution in [3.8, 4) is 5.75 Å². The molecule has 1 atom stereocenters. The molecule has 0 aromatic heterocycles. The van der Waals surface area contributed by atoms with Crippen molar-refractivity contribution in [2.45, 2.75) is 24.3 Å². The van der Waals surface area contributed by atoms with Gasteiger partial charge in [-0.25, -0.2) is 8.42 Å². The van der Waals surface area contributed by atoms with Gasteiger partial charge in [-0.3, -0.25) is 4.79 Å². The standard InChI is InChI=1S/C15H23N3O4S.ClH/c1-12(16)15(19)17-8-3-9-18(11-10-17)23(20,21)14-6-4-13(22-2)5-7-14;/h4-7,12H,3,8-11,16H2,1-2H3;1H. The van der Waals surface area contributed by atoms with Crippen LogP contribution in [0.15, 0.2) is 29.2 Å². The molecule has 1 aromatic rings. The average molecular weight is 378 g/mol. The van der Waals surface area contributed by atoms with Crippen LogP contribution in [0, 0.1) is 0 Å². The average Bonchev–Trinajstić information content (AvgIpc) is 2.80. The quantitative estimate of drug-likeness (QED) is 0.833. The molecule has 2 N–H and O–H groups in total. The van der Waals surface area contributed by atoms with E-state index in [0.717, 1.165) is 0 Å². The van der Waals surface area contributed by atoms with Gasteiger partial charge in [-0.05, 0) is 37.6 Å². The SMILES string of the molecule is COc1ccc(S(=O)(=O)N2CCCN(C(=O)C(C)N)CC2)cc1.Cl. The summed E-state index contributed by atoms with van der Waals surface area (Å²) in [5.41, 5.74) is 5.62. The summed E-state index contributed by atoms with van der Waals surface area (Å²) in [5, 5.41) is 0. The molecule has 1 fully saturated rings. The molecule has 1 aliphatic rings. The molecule has 24 heavy (non-hydrogen) atoms. The first-order valence-electron chi connectivity index (χ1n) is 7.55. The van der Waals surface area contributed by atoms with E-state index in [1.807, 2.05) is 0 Å². The zero-order chi connectivity index (χ0) is 17.0. The van der Waals surface area contributed by atoms with Gasteiger partial charge in [0.15, 0.2) is 0 Å². The maximum atomic E-state index is 12.7. The molecule has 9 heteroatoms. The lowest BCUT2D eigenvalue weighted by Gasteiger charge is -2.23. The zero-order valence-corrected chi connectivity index (χ0v) is 15.5. The van der Waals surface area contributed by atoms with E-state index in [1.165, 1.54) is 23.5 Å². The Hall–Kier alpha value is -1.35. The molecule has 1 aliphatic heterocycles. The van der Waals surface area contributed by atoms with Crippen molar-refractivity contribution in [2.24, 2.45) is 5.73 Å². The van der Waals surface area contributed by atoms with Crippen molar-refractivity contribution in [3.63, 3.8) is 0 Å². The van der Waals surface area contributed by atoms with Gasteiger partial charge in [-0.2, -0.15) is 4.31 Å². The number of sulfonamides is 1. The Kier molecular flexibility index (Phi) is 7.47. The predicted molar refractivity (Wildman–Crippen MR) is 93.8 cm³/mol. The van der Waals surface area contributed by atoms with Crippen LogP contribution in [0.5, 0.6) is 5.75 Å². The Labute approximate surface area is 149 Å². The number of hydrogen-bond donors (Lipinski definition) is 1. The minimum atomic E-state index is -3.57. The first kappa shape index (κ1) is 20.7. The monoisotopic (exact) mass is 377 g/mol. The summed E-state index contributed by atoms with van der Waals surface area (Å²) in [4.78, 5) is 13.8. The first-order valence-corrected chi connectivity index (χ1v) is 8.99. The highest BCUT2D eigenvalue weighted by atomic mass is 35.5. The van der Waals surface area contributed by atoms with E-state index in [0.29, 0.717) is 31.8 Å². The second-order valence-corrected chi connectivity index (χ2v) is 7.49. The molecule has 1 saturated heterocycles. The number of carbonyl (C=O) groups excluding carboxylic acids is 1. The minimum Gasteiger partial charge on any atom is -0.497 e. The minimum absolute atomic E-state index is 0. The van der Waals surface area contributed by atoms with Crippen LogP contribution >= 0.6 is 12.4 Å². The maximum Gasteiger partial charge on any atom is 0.243 e. The highest BCUT2D eigenvalue weighted by Gasteiger charge is 2.28. The Bertz CT molecular complexity index is 649. The topological polar surface area (TPSA) is 92.9 Å². The van der Waals surface area contributed by atoms with Crippen molar-refractivity contribution >= 4 is 28.3 Å². The van der Waals surface area contributed by atoms with Crippen molar-refractivity contribution in [1.82, 2.24) is 9.21 Å². The van der Waals surface area contributed by atoms with E-state index in [4.69, 9.17) is 10.5 Å². The number of nitrogens with zero attached hydrogens (tertiary/aromatic N) is 2. The third-order valence-electron chi connectivity index (χ3n) is 3.85. The summed E-state index contributed by atoms with van der Waals surface area (Å²) in [6, 6.07) is 5.74. The second-order valence-electron chi connectivity index (χ2n) is 5.55. The summed E-state index contributed by atoms with van der Waals surface area (Å²) >= 11 is 0. The molecular weight excluding hydrogens is 354 g/mol. The lowest BCUT2D eigenvalue weighted by molar-refractivity contribution is -0.132. The van der Waals surface area contributed by atoms with Gasteiger partial charge in [0.2, 0.25) is 15.9 Å². The highest BCUT2D eigenvalue weighted by Crippen LogP contribution is 2.20. The van der Waals surface area contributed by atoms with Gasteiger partial charge in [0.05, 0.1) is 18.0 Å². The second kappa shape index (κ2) is 8.66. The molecule has 1 amide bonds. The largest absolute Gasteiger partial charge is 0.497 e. The van der Waals surface area contributed by atoms with Gasteiger partial charge < -0.3 is 15.4 Å². The Balaban J connectivity index is 0.00000288. The van der Waals surface area contributed by atoms with E-state index in [9.17, 15) is 13.2 Å². The van der Waals surface area contributed by atoms with Gasteiger partial charge in [-0.1, -0.05) is 0 Å². The van der Waals surface area contributed by atoms with E-state index >= 15 is 0 Å². The molecule has 7 nitrogen and oxygen atoms in total. The summed E-state index contributed by atoms with van der Waals surface area (Å²) in [6.07, 6.45) is 0.591. The molecule has 0 bridgehead atoms. The van der Waals surface area contributed by atoms with Crippen molar-refractivity contribution < 1.29 is 17.9 Å². The van der Waals surface area contributed by atoms with Crippen LogP contribution in [-0.4, -0.2) is 62.9 Å². The Morgan fingerprint density at radius 3 is 2.33 bits per heavy atom. The molecule has 0 radical (unpaired) electrons. The van der Waals surface area contributed by atoms with Crippen LogP contribution in [0.25, 0.3) is 0 Å². The van der Waals surface area contributed by atoms with Crippen molar-refractivity contribution in [1.29, 1.82) is 0 Å². The maximum absolute atomic E-state index is 12.7. The molecule has 0 saturated carbocycles. The molecule has 0 aliphatic carbocycles. The third kappa shape index (κ3) is 4.60. The van der Waals surface area contributed by atoms with Crippen molar-refractivity contribution in [2.75, 3.05) is 33.3 Å². The number of ether oxygens (including phenoxy) is 1. The molecule has 1 aromatic carbocycles. The number of benzene rings is 1. The van der Waals surface area contributed by atoms with E-state index in [1.54, 1.807) is 24.0 Å². The van der Waals surface area contributed by atoms with Gasteiger partial charge in [0.1, 0.15) is 5.75 Å². The summed E-state index contributed by atoms with van der Waals surface area (Å²) in [7, 11) is -2.04. The highest BCUT2D eigenvalue weighted by molar-refractivity contribution is 7.89. The first-order chi connectivity index (χ1) is 10.9. The lowest BCUT2D eigenvalue weighted by Crippen LogP contribution is -2.44. The fraction of sp³-hybridized carbons (Fsp3) is 0.533. The fourth-order valence-corrected chi connectivity index (χ4v) is 4.01. The van der Waals surface area contributed by atoms with Gasteiger partial charge in [-0.15, -0.1) is 12.4 Å². The number of rotatable bonds is 4. The van der Waals surface area contributed by atoms with Crippen molar-refractivity contribution in [3.05, 3.63) is 24.3 Å². The molecular formula is C15H24ClN3O4S. The van der Waals surface area contributed by atoms with Crippen LogP contribution in [0.2, 0.25) is 0 Å². The smallest absolute Gasteiger partial charge is 0.243 e. The van der Waals surface area contributed by atoms with Crippen LogP contribution in [0.3, 0.4) is 0 Å². The Morgan fingerprint density at radius 2 is 1.79 bits per heavy atom. The predicted octanol–water partition coefficient (Wildman–Crippen LogP) is 0.687. The van der Waals surface area contributed by atoms with Crippen LogP contribution in [0.4, 0.5) is 0 Å².